The van der Waals surface area contributed by atoms with Crippen LogP contribution >= 0.6 is 11.8 Å². The summed E-state index contributed by atoms with van der Waals surface area (Å²) in [6.07, 6.45) is 9.00. The number of fused-ring (bicyclic) bond motifs is 1. The number of carbonyl (C=O) groups excluding carboxylic acids is 3. The number of piperidine rings is 1. The summed E-state index contributed by atoms with van der Waals surface area (Å²) in [5.74, 6) is 0.682. The van der Waals surface area contributed by atoms with Crippen LogP contribution in [-0.4, -0.2) is 94.3 Å². The third-order valence-electron chi connectivity index (χ3n) is 12.5. The van der Waals surface area contributed by atoms with Gasteiger partial charge in [0.25, 0.3) is 11.8 Å². The average molecular weight is 985 g/mol. The van der Waals surface area contributed by atoms with Crippen molar-refractivity contribution in [3.05, 3.63) is 143 Å². The number of ether oxygens (including phenoxy) is 5. The highest BCUT2D eigenvalue weighted by molar-refractivity contribution is 7.98. The highest BCUT2D eigenvalue weighted by Gasteiger charge is 2.24. The highest BCUT2D eigenvalue weighted by Crippen LogP contribution is 2.35. The molecule has 1 unspecified atom stereocenters. The summed E-state index contributed by atoms with van der Waals surface area (Å²) in [5.41, 5.74) is 8.51. The number of rotatable bonds is 25. The first-order chi connectivity index (χ1) is 34.5. The van der Waals surface area contributed by atoms with E-state index in [1.807, 2.05) is 57.2 Å². The van der Waals surface area contributed by atoms with Gasteiger partial charge >= 0.3 is 5.97 Å². The molecule has 1 fully saturated rings. The van der Waals surface area contributed by atoms with Gasteiger partial charge in [-0.05, 0) is 148 Å². The van der Waals surface area contributed by atoms with Crippen molar-refractivity contribution < 1.29 is 38.1 Å². The van der Waals surface area contributed by atoms with Gasteiger partial charge in [0.2, 0.25) is 0 Å². The maximum atomic E-state index is 14.1. The zero-order chi connectivity index (χ0) is 49.8. The van der Waals surface area contributed by atoms with Crippen molar-refractivity contribution >= 4 is 40.9 Å². The highest BCUT2D eigenvalue weighted by atomic mass is 32.2. The molecule has 1 saturated heterocycles. The fourth-order valence-electron chi connectivity index (χ4n) is 8.98. The summed E-state index contributed by atoms with van der Waals surface area (Å²) < 4.78 is 27.7. The van der Waals surface area contributed by atoms with Gasteiger partial charge in [-0.2, -0.15) is 0 Å². The van der Waals surface area contributed by atoms with E-state index in [2.05, 4.69) is 83.1 Å². The molecule has 0 spiro atoms. The molecule has 2 N–H and O–H groups in total. The Kier molecular flexibility index (Phi) is 20.5. The van der Waals surface area contributed by atoms with Gasteiger partial charge < -0.3 is 39.2 Å². The van der Waals surface area contributed by atoms with Crippen LogP contribution in [0.1, 0.15) is 115 Å². The summed E-state index contributed by atoms with van der Waals surface area (Å²) in [4.78, 5) is 47.9. The largest absolute Gasteiger partial charge is 0.460 e. The number of aryl methyl sites for hydroxylation is 2. The van der Waals surface area contributed by atoms with Gasteiger partial charge in [0.05, 0.1) is 70.1 Å². The Hall–Kier alpha value is -5.57. The lowest BCUT2D eigenvalue weighted by molar-refractivity contribution is -0.156. The van der Waals surface area contributed by atoms with E-state index in [0.29, 0.717) is 87.0 Å². The van der Waals surface area contributed by atoms with Gasteiger partial charge in [-0.3, -0.25) is 19.4 Å². The molecule has 2 heterocycles. The Bertz CT molecular complexity index is 2510. The van der Waals surface area contributed by atoms with E-state index in [9.17, 15) is 14.4 Å². The van der Waals surface area contributed by atoms with Crippen LogP contribution < -0.4 is 15.5 Å². The molecule has 4 aromatic carbocycles. The van der Waals surface area contributed by atoms with Gasteiger partial charge in [0.1, 0.15) is 5.60 Å². The van der Waals surface area contributed by atoms with Gasteiger partial charge in [0.15, 0.2) is 0 Å². The van der Waals surface area contributed by atoms with Crippen molar-refractivity contribution in [3.63, 3.8) is 0 Å². The van der Waals surface area contributed by atoms with Crippen molar-refractivity contribution in [3.8, 4) is 11.3 Å². The monoisotopic (exact) mass is 985 g/mol. The topological polar surface area (TPSA) is 138 Å². The zero-order valence-corrected chi connectivity index (χ0v) is 42.9. The van der Waals surface area contributed by atoms with Crippen molar-refractivity contribution in [1.29, 1.82) is 0 Å². The molecular formula is C58H72N4O8S. The predicted octanol–water partition coefficient (Wildman–Crippen LogP) is 11.1. The summed E-state index contributed by atoms with van der Waals surface area (Å²) in [7, 11) is 0. The predicted molar refractivity (Wildman–Crippen MR) is 282 cm³/mol. The van der Waals surface area contributed by atoms with E-state index in [-0.39, 0.29) is 30.2 Å². The molecule has 12 nitrogen and oxygen atoms in total. The molecule has 2 amide bonds. The molecule has 1 aliphatic carbocycles. The number of anilines is 2. The van der Waals surface area contributed by atoms with Crippen LogP contribution in [0.25, 0.3) is 11.3 Å². The molecule has 2 atom stereocenters. The molecule has 1 aromatic heterocycles. The number of carbonyl (C=O) groups is 3. The van der Waals surface area contributed by atoms with E-state index in [1.165, 1.54) is 28.0 Å². The van der Waals surface area contributed by atoms with E-state index < -0.39 is 5.60 Å². The van der Waals surface area contributed by atoms with Crippen LogP contribution in [0.5, 0.6) is 0 Å². The number of hydrogen-bond acceptors (Lipinski definition) is 11. The van der Waals surface area contributed by atoms with E-state index in [1.54, 1.807) is 24.0 Å². The third-order valence-corrected chi connectivity index (χ3v) is 13.5. The number of hydrogen-bond donors (Lipinski definition) is 2. The lowest BCUT2D eigenvalue weighted by Gasteiger charge is -2.33. The molecule has 71 heavy (non-hydrogen) atoms. The number of aromatic nitrogens is 1. The van der Waals surface area contributed by atoms with Crippen molar-refractivity contribution in [1.82, 2.24) is 10.3 Å². The van der Waals surface area contributed by atoms with Gasteiger partial charge in [-0.25, -0.2) is 0 Å². The van der Waals surface area contributed by atoms with Crippen molar-refractivity contribution in [2.24, 2.45) is 5.92 Å². The zero-order valence-electron chi connectivity index (χ0n) is 42.1. The van der Waals surface area contributed by atoms with E-state index in [4.69, 9.17) is 28.7 Å². The first-order valence-electron chi connectivity index (χ1n) is 25.4. The number of esters is 1. The van der Waals surface area contributed by atoms with Crippen LogP contribution in [0.4, 0.5) is 11.4 Å². The smallest absolute Gasteiger partial charge is 0.308 e. The number of nitrogens with one attached hydrogen (secondary N) is 2. The second kappa shape index (κ2) is 27.3. The molecule has 378 valence electrons. The second-order valence-corrected chi connectivity index (χ2v) is 20.5. The Morgan fingerprint density at radius 3 is 2.25 bits per heavy atom. The molecule has 5 aromatic rings. The minimum Gasteiger partial charge on any atom is -0.460 e. The number of thioether (sulfide) groups is 1. The number of nitrogens with zero attached hydrogens (tertiary/aromatic N) is 2. The van der Waals surface area contributed by atoms with Gasteiger partial charge in [-0.15, -0.1) is 11.8 Å². The molecule has 13 heteroatoms. The van der Waals surface area contributed by atoms with Crippen LogP contribution in [0.2, 0.25) is 0 Å². The van der Waals surface area contributed by atoms with E-state index in [0.717, 1.165) is 68.4 Å². The summed E-state index contributed by atoms with van der Waals surface area (Å²) in [6, 6.07) is 34.5. The number of benzene rings is 4. The fourth-order valence-corrected chi connectivity index (χ4v) is 9.90. The van der Waals surface area contributed by atoms with Crippen molar-refractivity contribution in [2.75, 3.05) is 76.2 Å². The normalized spacial score (nSPS) is 15.7. The quantitative estimate of drug-likeness (QED) is 0.0328. The van der Waals surface area contributed by atoms with Crippen LogP contribution in [-0.2, 0) is 47.1 Å². The minimum atomic E-state index is -0.487. The Balaban J connectivity index is 0.865. The lowest BCUT2D eigenvalue weighted by atomic mass is 9.87. The molecule has 0 radical (unpaired) electrons. The molecule has 0 bridgehead atoms. The molecule has 0 saturated carbocycles. The first-order valence-corrected chi connectivity index (χ1v) is 26.3. The van der Waals surface area contributed by atoms with Crippen molar-refractivity contribution in [2.45, 2.75) is 101 Å². The first kappa shape index (κ1) is 53.2. The maximum absolute atomic E-state index is 14.1. The minimum absolute atomic E-state index is 0.0414. The van der Waals surface area contributed by atoms with E-state index >= 15 is 0 Å². The van der Waals surface area contributed by atoms with Gasteiger partial charge in [-0.1, -0.05) is 55.5 Å². The summed E-state index contributed by atoms with van der Waals surface area (Å²) in [5, 5.41) is 6.51. The molecular weight excluding hydrogens is 913 g/mol. The third kappa shape index (κ3) is 17.3. The van der Waals surface area contributed by atoms with Crippen LogP contribution in [0.3, 0.4) is 0 Å². The SMILES string of the molecule is CC1CCCN(c2ccc(NC(=O)c3cccc(CSc4cccc(CCCOCCOCCOCCOCCC(=O)OC(C)(C)C)c4)c3)c(-c3cc(C(=O)N[C@H]4CCCc5ccccc54)ccn3)c2)C1. The number of pyridine rings is 1. The fraction of sp³-hybridized carbons (Fsp3) is 0.448. The lowest BCUT2D eigenvalue weighted by Crippen LogP contribution is -2.34. The van der Waals surface area contributed by atoms with Gasteiger partial charge in [0, 0.05) is 58.9 Å². The summed E-state index contributed by atoms with van der Waals surface area (Å²) in [6.45, 7) is 13.5. The Morgan fingerprint density at radius 2 is 1.46 bits per heavy atom. The Labute approximate surface area is 424 Å². The second-order valence-electron chi connectivity index (χ2n) is 19.5. The number of amides is 2. The van der Waals surface area contributed by atoms with Crippen LogP contribution in [0, 0.1) is 5.92 Å². The summed E-state index contributed by atoms with van der Waals surface area (Å²) >= 11 is 1.74. The Morgan fingerprint density at radius 1 is 0.732 bits per heavy atom. The average Bonchev–Trinajstić information content (AvgIpc) is 3.37. The molecule has 1 aliphatic heterocycles. The molecule has 7 rings (SSSR count). The van der Waals surface area contributed by atoms with Crippen LogP contribution in [0.15, 0.2) is 114 Å². The standard InChI is InChI=1S/C58H72N4O8S/c1-42-12-10-27-62(40-42)48-22-23-53(51(39-48)54-38-47(24-26-59-54)57(65)60-52-21-9-17-45-16-5-6-20-50(45)52)61-56(64)46-18-7-14-44(36-46)41-71-49-19-8-13-43(37-49)15-11-28-66-30-32-68-34-35-69-33-31-67-29-25-55(63)70-58(2,3)4/h5-8,13-14,16,18-20,22-24,26,36-39,42,52H,9-12,15,17,21,25,27-35,40-41H2,1-4H3,(H,60,65)(H,61,64)/t42?,52-/m0/s1. The maximum Gasteiger partial charge on any atom is 0.308 e. The molecule has 2 aliphatic rings.